The lowest BCUT2D eigenvalue weighted by Gasteiger charge is -2.39. The van der Waals surface area contributed by atoms with Gasteiger partial charge in [0.1, 0.15) is 0 Å². The first-order chi connectivity index (χ1) is 23.0. The second-order valence-corrected chi connectivity index (χ2v) is 23.2. The van der Waals surface area contributed by atoms with E-state index in [1.54, 1.807) is 13.8 Å². The van der Waals surface area contributed by atoms with Crippen molar-refractivity contribution in [1.29, 1.82) is 0 Å². The third-order valence-corrected chi connectivity index (χ3v) is 16.4. The highest BCUT2D eigenvalue weighted by Gasteiger charge is 2.39. The smallest absolute Gasteiger partial charge is 0.407 e. The molecule has 0 saturated heterocycles. The van der Waals surface area contributed by atoms with Crippen molar-refractivity contribution in [2.75, 3.05) is 12.9 Å². The Kier molecular flexibility index (Phi) is 16.6. The standard InChI is InChI=1S/C36H63N5O6S2Si/c1-25(2)47-34(43)39-30-20-18-29(19-21-30)32(48-10)40-31(27(4)38-33(42)37-23-28-16-14-13-15-17-28)22-26(3)49(44,45)41-36(8,9)24-46-50(11,12)35(5,6)7/h13-17,25,27,29-31,41H,3,18-24H2,1-2,4-12H3,(H,39,43)(H2,37,38,42). The van der Waals surface area contributed by atoms with Crippen LogP contribution in [0.15, 0.2) is 46.8 Å². The second kappa shape index (κ2) is 18.9. The fourth-order valence-corrected chi connectivity index (χ4v) is 8.53. The molecule has 11 nitrogen and oxygen atoms in total. The van der Waals surface area contributed by atoms with Crippen molar-refractivity contribution in [2.45, 2.75) is 142 Å². The van der Waals surface area contributed by atoms with Gasteiger partial charge in [0.05, 0.1) is 34.7 Å². The number of benzene rings is 1. The van der Waals surface area contributed by atoms with Crippen LogP contribution in [0.25, 0.3) is 0 Å². The van der Waals surface area contributed by atoms with Crippen LogP contribution in [-0.2, 0) is 25.7 Å². The molecule has 4 N–H and O–H groups in total. The molecule has 0 bridgehead atoms. The Labute approximate surface area is 307 Å². The largest absolute Gasteiger partial charge is 0.447 e. The highest BCUT2D eigenvalue weighted by atomic mass is 32.2. The number of sulfonamides is 1. The Bertz CT molecular complexity index is 1410. The van der Waals surface area contributed by atoms with Crippen LogP contribution in [0.5, 0.6) is 0 Å². The molecule has 0 aliphatic heterocycles. The predicted octanol–water partition coefficient (Wildman–Crippen LogP) is 7.32. The number of nitrogens with one attached hydrogen (secondary N) is 4. The first-order valence-electron chi connectivity index (χ1n) is 17.6. The number of hydrogen-bond donors (Lipinski definition) is 4. The van der Waals surface area contributed by atoms with Crippen molar-refractivity contribution in [3.05, 3.63) is 47.4 Å². The van der Waals surface area contributed by atoms with Crippen LogP contribution in [0.4, 0.5) is 9.59 Å². The molecule has 1 fully saturated rings. The highest BCUT2D eigenvalue weighted by molar-refractivity contribution is 8.13. The molecule has 1 aromatic carbocycles. The summed E-state index contributed by atoms with van der Waals surface area (Å²) in [6.45, 7) is 24.4. The first kappa shape index (κ1) is 43.8. The number of urea groups is 1. The number of ether oxygens (including phenoxy) is 1. The zero-order valence-corrected chi connectivity index (χ0v) is 34.8. The molecule has 1 aliphatic carbocycles. The minimum Gasteiger partial charge on any atom is -0.447 e. The summed E-state index contributed by atoms with van der Waals surface area (Å²) in [6.07, 6.45) is 4.53. The molecule has 0 heterocycles. The molecule has 0 spiro atoms. The summed E-state index contributed by atoms with van der Waals surface area (Å²) in [5.41, 5.74) is 0.0819. The molecule has 2 unspecified atom stereocenters. The fourth-order valence-electron chi connectivity index (χ4n) is 5.24. The summed E-state index contributed by atoms with van der Waals surface area (Å²) in [5.74, 6) is 0.139. The van der Waals surface area contributed by atoms with Gasteiger partial charge in [0, 0.05) is 30.5 Å². The number of amides is 3. The van der Waals surface area contributed by atoms with Gasteiger partial charge < -0.3 is 25.1 Å². The number of rotatable bonds is 16. The van der Waals surface area contributed by atoms with Gasteiger partial charge in [-0.25, -0.2) is 22.7 Å². The number of nitrogens with zero attached hydrogens (tertiary/aromatic N) is 1. The molecule has 50 heavy (non-hydrogen) atoms. The van der Waals surface area contributed by atoms with Crippen LogP contribution in [0, 0.1) is 5.92 Å². The molecule has 1 aliphatic rings. The lowest BCUT2D eigenvalue weighted by atomic mass is 9.86. The zero-order valence-electron chi connectivity index (χ0n) is 32.1. The molecule has 2 rings (SSSR count). The Hall–Kier alpha value is -2.39. The van der Waals surface area contributed by atoms with E-state index in [0.29, 0.717) is 6.54 Å². The zero-order chi connectivity index (χ0) is 37.9. The summed E-state index contributed by atoms with van der Waals surface area (Å²) >= 11 is 1.53. The maximum atomic E-state index is 13.7. The molecule has 2 atom stereocenters. The van der Waals surface area contributed by atoms with Gasteiger partial charge in [-0.2, -0.15) is 0 Å². The van der Waals surface area contributed by atoms with Crippen LogP contribution in [-0.4, -0.2) is 76.5 Å². The maximum absolute atomic E-state index is 13.7. The number of alkyl carbamates (subject to hydrolysis) is 1. The van der Waals surface area contributed by atoms with Gasteiger partial charge in [-0.15, -0.1) is 11.8 Å². The monoisotopic (exact) mass is 753 g/mol. The van der Waals surface area contributed by atoms with Gasteiger partial charge in [-0.05, 0) is 90.3 Å². The summed E-state index contributed by atoms with van der Waals surface area (Å²) in [6, 6.07) is 8.13. The van der Waals surface area contributed by atoms with Gasteiger partial charge in [-0.3, -0.25) is 4.99 Å². The van der Waals surface area contributed by atoms with E-state index in [9.17, 15) is 18.0 Å². The normalized spacial score (nSPS) is 19.0. The highest BCUT2D eigenvalue weighted by Crippen LogP contribution is 2.37. The molecule has 0 aromatic heterocycles. The number of carbonyl (C=O) groups is 2. The Morgan fingerprint density at radius 3 is 2.18 bits per heavy atom. The van der Waals surface area contributed by atoms with E-state index >= 15 is 0 Å². The van der Waals surface area contributed by atoms with Crippen LogP contribution in [0.1, 0.15) is 93.1 Å². The van der Waals surface area contributed by atoms with E-state index in [4.69, 9.17) is 14.2 Å². The van der Waals surface area contributed by atoms with Gasteiger partial charge in [0.25, 0.3) is 0 Å². The van der Waals surface area contributed by atoms with E-state index in [2.05, 4.69) is 61.1 Å². The molecule has 3 amide bonds. The fraction of sp³-hybridized carbons (Fsp3) is 0.694. The molecule has 1 saturated carbocycles. The third-order valence-electron chi connectivity index (χ3n) is 9.30. The Morgan fingerprint density at radius 1 is 1.04 bits per heavy atom. The van der Waals surface area contributed by atoms with Crippen molar-refractivity contribution < 1.29 is 27.2 Å². The topological polar surface area (TPSA) is 147 Å². The number of hydrogen-bond acceptors (Lipinski definition) is 8. The average Bonchev–Trinajstić information content (AvgIpc) is 3.00. The second-order valence-electron chi connectivity index (χ2n) is 15.8. The average molecular weight is 754 g/mol. The number of aliphatic imine (C=N–C) groups is 1. The lowest BCUT2D eigenvalue weighted by molar-refractivity contribution is 0.109. The molecule has 0 radical (unpaired) electrons. The van der Waals surface area contributed by atoms with Crippen LogP contribution in [0.2, 0.25) is 18.1 Å². The van der Waals surface area contributed by atoms with E-state index in [0.717, 1.165) is 36.3 Å². The minimum absolute atomic E-state index is 0.0106. The van der Waals surface area contributed by atoms with Crippen molar-refractivity contribution in [1.82, 2.24) is 20.7 Å². The predicted molar refractivity (Wildman–Crippen MR) is 210 cm³/mol. The van der Waals surface area contributed by atoms with Crippen molar-refractivity contribution >= 4 is 47.3 Å². The molecule has 284 valence electrons. The maximum Gasteiger partial charge on any atom is 0.407 e. The van der Waals surface area contributed by atoms with E-state index in [-0.39, 0.29) is 47.1 Å². The van der Waals surface area contributed by atoms with Crippen LogP contribution >= 0.6 is 11.8 Å². The lowest BCUT2D eigenvalue weighted by Crippen LogP contribution is -2.52. The number of carbonyl (C=O) groups excluding carboxylic acids is 2. The quantitative estimate of drug-likeness (QED) is 0.0786. The van der Waals surface area contributed by atoms with Crippen molar-refractivity contribution in [3.63, 3.8) is 0 Å². The van der Waals surface area contributed by atoms with E-state index < -0.39 is 42.1 Å². The van der Waals surface area contributed by atoms with Crippen LogP contribution in [0.3, 0.4) is 0 Å². The molecule has 14 heteroatoms. The first-order valence-corrected chi connectivity index (χ1v) is 23.2. The van der Waals surface area contributed by atoms with Gasteiger partial charge in [-0.1, -0.05) is 57.7 Å². The Morgan fingerprint density at radius 2 is 1.64 bits per heavy atom. The van der Waals surface area contributed by atoms with E-state index in [1.807, 2.05) is 57.4 Å². The summed E-state index contributed by atoms with van der Waals surface area (Å²) < 4.78 is 41.8. The van der Waals surface area contributed by atoms with Gasteiger partial charge in [0.2, 0.25) is 10.0 Å². The van der Waals surface area contributed by atoms with Crippen LogP contribution < -0.4 is 20.7 Å². The molecular formula is C36H63N5O6S2Si. The molecular weight excluding hydrogens is 691 g/mol. The third kappa shape index (κ3) is 14.7. The molecule has 1 aromatic rings. The Balaban J connectivity index is 2.23. The van der Waals surface area contributed by atoms with Crippen molar-refractivity contribution in [2.24, 2.45) is 10.9 Å². The minimum atomic E-state index is -3.98. The van der Waals surface area contributed by atoms with E-state index in [1.165, 1.54) is 11.8 Å². The summed E-state index contributed by atoms with van der Waals surface area (Å²) in [5, 5.41) is 9.70. The summed E-state index contributed by atoms with van der Waals surface area (Å²) in [4.78, 5) is 30.2. The SMILES string of the molecule is C=C(CC(N=C(SC)C1CCC(NC(=O)OC(C)C)CC1)C(C)NC(=O)NCc1ccccc1)S(=O)(=O)NC(C)(C)CO[Si](C)(C)C(C)(C)C. The van der Waals surface area contributed by atoms with Gasteiger partial charge >= 0.3 is 12.1 Å². The van der Waals surface area contributed by atoms with Crippen molar-refractivity contribution in [3.8, 4) is 0 Å². The number of thioether (sulfide) groups is 1. The van der Waals surface area contributed by atoms with Gasteiger partial charge in [0.15, 0.2) is 8.32 Å². The summed E-state index contributed by atoms with van der Waals surface area (Å²) in [7, 11) is -6.10.